The monoisotopic (exact) mass is 428 g/mol. The van der Waals surface area contributed by atoms with Crippen LogP contribution in [0, 0.1) is 6.92 Å². The molecule has 30 heavy (non-hydrogen) atoms. The third kappa shape index (κ3) is 3.90. The predicted molar refractivity (Wildman–Crippen MR) is 116 cm³/mol. The van der Waals surface area contributed by atoms with E-state index in [1.165, 1.54) is 10.7 Å². The molecule has 1 aliphatic heterocycles. The Morgan fingerprint density at radius 3 is 2.40 bits per heavy atom. The lowest BCUT2D eigenvalue weighted by Gasteiger charge is -2.38. The summed E-state index contributed by atoms with van der Waals surface area (Å²) in [5.74, 6) is 0.246. The van der Waals surface area contributed by atoms with Crippen molar-refractivity contribution < 1.29 is 17.9 Å². The number of fused-ring (bicyclic) bond motifs is 1. The number of carbonyl (C=O) groups is 1. The van der Waals surface area contributed by atoms with E-state index in [0.29, 0.717) is 11.4 Å². The largest absolute Gasteiger partial charge is 0.476 e. The molecule has 4 rings (SSSR count). The van der Waals surface area contributed by atoms with Crippen LogP contribution in [-0.4, -0.2) is 45.0 Å². The van der Waals surface area contributed by atoms with Gasteiger partial charge in [-0.25, -0.2) is 8.42 Å². The average molecular weight is 429 g/mol. The highest BCUT2D eigenvalue weighted by Crippen LogP contribution is 2.37. The van der Waals surface area contributed by atoms with Crippen molar-refractivity contribution in [2.24, 2.45) is 0 Å². The first-order valence-electron chi connectivity index (χ1n) is 10.5. The number of aryl methyl sites for hydroxylation is 1. The van der Waals surface area contributed by atoms with Gasteiger partial charge in [-0.05, 0) is 44.0 Å². The summed E-state index contributed by atoms with van der Waals surface area (Å²) >= 11 is 0. The summed E-state index contributed by atoms with van der Waals surface area (Å²) in [6.07, 6.45) is 4.53. The van der Waals surface area contributed by atoms with Gasteiger partial charge in [-0.15, -0.1) is 0 Å². The van der Waals surface area contributed by atoms with Gasteiger partial charge in [0.15, 0.2) is 6.10 Å². The van der Waals surface area contributed by atoms with Crippen LogP contribution >= 0.6 is 0 Å². The molecule has 6 nitrogen and oxygen atoms in total. The summed E-state index contributed by atoms with van der Waals surface area (Å²) in [4.78, 5) is 15.2. The molecule has 160 valence electrons. The third-order valence-electron chi connectivity index (χ3n) is 6.09. The van der Waals surface area contributed by atoms with E-state index in [2.05, 4.69) is 0 Å². The molecule has 0 N–H and O–H groups in total. The van der Waals surface area contributed by atoms with Crippen molar-refractivity contribution in [1.82, 2.24) is 4.90 Å². The van der Waals surface area contributed by atoms with Crippen molar-refractivity contribution >= 4 is 21.6 Å². The number of carbonyl (C=O) groups excluding carboxylic acids is 1. The highest BCUT2D eigenvalue weighted by Gasteiger charge is 2.39. The molecule has 0 radical (unpaired) electrons. The number of nitrogens with zero attached hydrogens (tertiary/aromatic N) is 2. The van der Waals surface area contributed by atoms with Crippen LogP contribution in [0.2, 0.25) is 0 Å². The summed E-state index contributed by atoms with van der Waals surface area (Å²) in [6.45, 7) is 1.87. The van der Waals surface area contributed by atoms with Crippen molar-refractivity contribution in [2.45, 2.75) is 56.1 Å². The molecule has 1 saturated carbocycles. The van der Waals surface area contributed by atoms with Crippen LogP contribution in [0.5, 0.6) is 5.75 Å². The van der Waals surface area contributed by atoms with Gasteiger partial charge in [0.1, 0.15) is 5.75 Å². The summed E-state index contributed by atoms with van der Waals surface area (Å²) in [6, 6.07) is 13.9. The smallest absolute Gasteiger partial charge is 0.265 e. The van der Waals surface area contributed by atoms with Gasteiger partial charge in [-0.3, -0.25) is 9.10 Å². The van der Waals surface area contributed by atoms with Crippen molar-refractivity contribution in [1.29, 1.82) is 0 Å². The number of sulfonamides is 1. The van der Waals surface area contributed by atoms with Crippen LogP contribution in [0.25, 0.3) is 0 Å². The molecule has 2 aliphatic rings. The molecule has 0 saturated heterocycles. The normalized spacial score (nSPS) is 19.7. The van der Waals surface area contributed by atoms with Gasteiger partial charge in [-0.2, -0.15) is 0 Å². The maximum absolute atomic E-state index is 13.4. The Morgan fingerprint density at radius 1 is 1.03 bits per heavy atom. The lowest BCUT2D eigenvalue weighted by atomic mass is 9.94. The van der Waals surface area contributed by atoms with E-state index in [0.717, 1.165) is 31.2 Å². The summed E-state index contributed by atoms with van der Waals surface area (Å²) in [5.41, 5.74) is 1.45. The second-order valence-electron chi connectivity index (χ2n) is 8.16. The standard InChI is InChI=1S/C23H28N2O4S/c1-17-12-14-19(15-13-17)30(27,28)25-16-22(29-21-11-7-6-10-20(21)25)23(26)24(2)18-8-4-3-5-9-18/h6-7,10-15,18,22H,3-5,8-9,16H2,1-2H3/t22-/m1/s1. The Balaban J connectivity index is 1.65. The van der Waals surface area contributed by atoms with Gasteiger partial charge in [-0.1, -0.05) is 49.1 Å². The highest BCUT2D eigenvalue weighted by atomic mass is 32.2. The maximum Gasteiger partial charge on any atom is 0.265 e. The van der Waals surface area contributed by atoms with Gasteiger partial charge < -0.3 is 9.64 Å². The van der Waals surface area contributed by atoms with Crippen molar-refractivity contribution in [2.75, 3.05) is 17.9 Å². The molecule has 2 aromatic rings. The molecule has 1 aliphatic carbocycles. The van der Waals surface area contributed by atoms with Crippen molar-refractivity contribution in [3.8, 4) is 5.75 Å². The number of likely N-dealkylation sites (N-methyl/N-ethyl adjacent to an activating group) is 1. The average Bonchev–Trinajstić information content (AvgIpc) is 2.78. The van der Waals surface area contributed by atoms with Crippen LogP contribution < -0.4 is 9.04 Å². The van der Waals surface area contributed by atoms with E-state index < -0.39 is 16.1 Å². The Kier molecular flexibility index (Phi) is 5.73. The maximum atomic E-state index is 13.4. The zero-order valence-electron chi connectivity index (χ0n) is 17.5. The number of para-hydroxylation sites is 2. The Labute approximate surface area is 178 Å². The van der Waals surface area contributed by atoms with E-state index >= 15 is 0 Å². The summed E-state index contributed by atoms with van der Waals surface area (Å²) in [5, 5.41) is 0. The van der Waals surface area contributed by atoms with Gasteiger partial charge in [0.25, 0.3) is 15.9 Å². The molecule has 2 aromatic carbocycles. The number of amides is 1. The first-order valence-corrected chi connectivity index (χ1v) is 11.9. The quantitative estimate of drug-likeness (QED) is 0.744. The van der Waals surface area contributed by atoms with Crippen LogP contribution in [0.15, 0.2) is 53.4 Å². The second kappa shape index (κ2) is 8.30. The fourth-order valence-electron chi connectivity index (χ4n) is 4.27. The molecule has 0 spiro atoms. The molecule has 0 bridgehead atoms. The van der Waals surface area contributed by atoms with Crippen LogP contribution in [0.4, 0.5) is 5.69 Å². The Morgan fingerprint density at radius 2 is 1.70 bits per heavy atom. The minimum atomic E-state index is -3.83. The highest BCUT2D eigenvalue weighted by molar-refractivity contribution is 7.92. The molecular formula is C23H28N2O4S. The first kappa shape index (κ1) is 20.7. The minimum absolute atomic E-state index is 0.0386. The lowest BCUT2D eigenvalue weighted by Crippen LogP contribution is -2.53. The molecular weight excluding hydrogens is 400 g/mol. The van der Waals surface area contributed by atoms with E-state index in [9.17, 15) is 13.2 Å². The van der Waals surface area contributed by atoms with Crippen molar-refractivity contribution in [3.05, 3.63) is 54.1 Å². The van der Waals surface area contributed by atoms with Crippen LogP contribution in [-0.2, 0) is 14.8 Å². The Hall–Kier alpha value is -2.54. The van der Waals surface area contributed by atoms with Crippen LogP contribution in [0.1, 0.15) is 37.7 Å². The van der Waals surface area contributed by atoms with E-state index in [1.807, 2.05) is 6.92 Å². The van der Waals surface area contributed by atoms with E-state index in [-0.39, 0.29) is 23.4 Å². The molecule has 1 amide bonds. The SMILES string of the molecule is Cc1ccc(S(=O)(=O)N2C[C@H](C(=O)N(C)C3CCCCC3)Oc3ccccc32)cc1. The molecule has 7 heteroatoms. The van der Waals surface area contributed by atoms with E-state index in [4.69, 9.17) is 4.74 Å². The fourth-order valence-corrected chi connectivity index (χ4v) is 5.75. The first-order chi connectivity index (χ1) is 14.4. The van der Waals surface area contributed by atoms with Gasteiger partial charge in [0.05, 0.1) is 17.1 Å². The predicted octanol–water partition coefficient (Wildman–Crippen LogP) is 3.74. The number of hydrogen-bond donors (Lipinski definition) is 0. The van der Waals surface area contributed by atoms with Crippen LogP contribution in [0.3, 0.4) is 0 Å². The molecule has 0 aromatic heterocycles. The summed E-state index contributed by atoms with van der Waals surface area (Å²) in [7, 11) is -2.02. The molecule has 1 heterocycles. The lowest BCUT2D eigenvalue weighted by molar-refractivity contribution is -0.139. The number of rotatable bonds is 4. The number of anilines is 1. The number of ether oxygens (including phenoxy) is 1. The van der Waals surface area contributed by atoms with Crippen molar-refractivity contribution in [3.63, 3.8) is 0 Å². The molecule has 1 atom stereocenters. The van der Waals surface area contributed by atoms with E-state index in [1.54, 1.807) is 60.5 Å². The molecule has 0 unspecified atom stereocenters. The molecule has 1 fully saturated rings. The fraction of sp³-hybridized carbons (Fsp3) is 0.435. The van der Waals surface area contributed by atoms with Gasteiger partial charge in [0.2, 0.25) is 0 Å². The number of hydrogen-bond acceptors (Lipinski definition) is 4. The third-order valence-corrected chi connectivity index (χ3v) is 7.88. The zero-order chi connectivity index (χ0) is 21.3. The topological polar surface area (TPSA) is 66.9 Å². The number of benzene rings is 2. The Bertz CT molecular complexity index is 1010. The summed E-state index contributed by atoms with van der Waals surface area (Å²) < 4.78 is 34.2. The van der Waals surface area contributed by atoms with Gasteiger partial charge >= 0.3 is 0 Å². The van der Waals surface area contributed by atoms with Gasteiger partial charge in [0, 0.05) is 13.1 Å². The minimum Gasteiger partial charge on any atom is -0.476 e. The second-order valence-corrected chi connectivity index (χ2v) is 10.0. The zero-order valence-corrected chi connectivity index (χ0v) is 18.3.